The largest absolute Gasteiger partial charge is 0.497 e. The molecule has 3 aromatic rings. The van der Waals surface area contributed by atoms with Gasteiger partial charge in [0, 0.05) is 10.9 Å². The van der Waals surface area contributed by atoms with Gasteiger partial charge >= 0.3 is 0 Å². The van der Waals surface area contributed by atoms with E-state index < -0.39 is 0 Å². The minimum atomic E-state index is 0.342. The molecule has 0 unspecified atom stereocenters. The first-order valence-corrected chi connectivity index (χ1v) is 6.96. The predicted octanol–water partition coefficient (Wildman–Crippen LogP) is 3.92. The number of nitrogens with one attached hydrogen (secondary N) is 1. The van der Waals surface area contributed by atoms with Gasteiger partial charge in [0.25, 0.3) is 0 Å². The van der Waals surface area contributed by atoms with Gasteiger partial charge in [-0.1, -0.05) is 0 Å². The molecule has 110 valence electrons. The molecule has 0 saturated carbocycles. The molecule has 0 atom stereocenters. The lowest BCUT2D eigenvalue weighted by molar-refractivity contribution is 0.415. The number of ether oxygens (including phenoxy) is 2. The smallest absolute Gasteiger partial charge is 0.119 e. The second-order valence-corrected chi connectivity index (χ2v) is 4.95. The zero-order valence-electron chi connectivity index (χ0n) is 12.5. The number of aromatic nitrogens is 1. The van der Waals surface area contributed by atoms with Crippen molar-refractivity contribution in [2.75, 3.05) is 14.2 Å². The average molecular weight is 292 g/mol. The van der Waals surface area contributed by atoms with Crippen LogP contribution in [-0.4, -0.2) is 19.2 Å². The molecule has 1 heterocycles. The first kappa shape index (κ1) is 14.0. The first-order chi connectivity index (χ1) is 10.8. The summed E-state index contributed by atoms with van der Waals surface area (Å²) in [5.74, 6) is 1.59. The maximum absolute atomic E-state index is 9.16. The highest BCUT2D eigenvalue weighted by Gasteiger charge is 2.13. The number of hydrogen-bond acceptors (Lipinski definition) is 3. The molecular weight excluding hydrogens is 276 g/mol. The molecule has 3 rings (SSSR count). The Labute approximate surface area is 128 Å². The molecule has 2 aromatic carbocycles. The van der Waals surface area contributed by atoms with Crippen LogP contribution in [0.15, 0.2) is 42.5 Å². The van der Waals surface area contributed by atoms with E-state index in [0.29, 0.717) is 6.42 Å². The Bertz CT molecular complexity index is 842. The molecule has 0 aliphatic carbocycles. The summed E-state index contributed by atoms with van der Waals surface area (Å²) in [6, 6.07) is 15.9. The molecule has 0 bridgehead atoms. The van der Waals surface area contributed by atoms with Crippen molar-refractivity contribution in [2.24, 2.45) is 0 Å². The number of rotatable bonds is 4. The van der Waals surface area contributed by atoms with Crippen molar-refractivity contribution in [3.05, 3.63) is 48.0 Å². The Morgan fingerprint density at radius 2 is 1.68 bits per heavy atom. The van der Waals surface area contributed by atoms with E-state index in [2.05, 4.69) is 11.1 Å². The Balaban J connectivity index is 2.19. The summed E-state index contributed by atoms with van der Waals surface area (Å²) in [5.41, 5.74) is 3.98. The molecule has 1 N–H and O–H groups in total. The number of nitriles is 1. The second kappa shape index (κ2) is 5.82. The fraction of sp³-hybridized carbons (Fsp3) is 0.167. The van der Waals surface area contributed by atoms with Crippen molar-refractivity contribution in [1.82, 2.24) is 4.98 Å². The van der Waals surface area contributed by atoms with Crippen molar-refractivity contribution >= 4 is 10.9 Å². The Kier molecular flexibility index (Phi) is 3.71. The lowest BCUT2D eigenvalue weighted by Gasteiger charge is -2.04. The lowest BCUT2D eigenvalue weighted by atomic mass is 10.0. The van der Waals surface area contributed by atoms with Crippen LogP contribution in [-0.2, 0) is 6.42 Å². The molecule has 22 heavy (non-hydrogen) atoms. The summed E-state index contributed by atoms with van der Waals surface area (Å²) in [4.78, 5) is 3.41. The van der Waals surface area contributed by atoms with E-state index in [4.69, 9.17) is 14.7 Å². The SMILES string of the molecule is COc1ccc(-c2[nH]c3ccc(OC)cc3c2CC#N)cc1. The van der Waals surface area contributed by atoms with E-state index in [1.807, 2.05) is 42.5 Å². The number of H-pyrrole nitrogens is 1. The van der Waals surface area contributed by atoms with E-state index >= 15 is 0 Å². The zero-order chi connectivity index (χ0) is 15.5. The van der Waals surface area contributed by atoms with E-state index in [-0.39, 0.29) is 0 Å². The van der Waals surface area contributed by atoms with Gasteiger partial charge in [-0.25, -0.2) is 0 Å². The third-order valence-electron chi connectivity index (χ3n) is 3.75. The number of methoxy groups -OCH3 is 2. The van der Waals surface area contributed by atoms with Crippen LogP contribution >= 0.6 is 0 Å². The number of aromatic amines is 1. The van der Waals surface area contributed by atoms with Crippen LogP contribution in [0.2, 0.25) is 0 Å². The van der Waals surface area contributed by atoms with E-state index in [9.17, 15) is 0 Å². The van der Waals surface area contributed by atoms with Gasteiger partial charge in [0.05, 0.1) is 32.4 Å². The highest BCUT2D eigenvalue weighted by molar-refractivity contribution is 5.92. The van der Waals surface area contributed by atoms with Gasteiger partial charge in [0.15, 0.2) is 0 Å². The average Bonchev–Trinajstić information content (AvgIpc) is 2.93. The van der Waals surface area contributed by atoms with Crippen LogP contribution in [0.25, 0.3) is 22.2 Å². The highest BCUT2D eigenvalue weighted by Crippen LogP contribution is 2.33. The van der Waals surface area contributed by atoms with Gasteiger partial charge in [-0.15, -0.1) is 0 Å². The van der Waals surface area contributed by atoms with Gasteiger partial charge in [-0.05, 0) is 53.6 Å². The van der Waals surface area contributed by atoms with Crippen molar-refractivity contribution in [3.8, 4) is 28.8 Å². The van der Waals surface area contributed by atoms with Gasteiger partial charge in [0.1, 0.15) is 11.5 Å². The fourth-order valence-corrected chi connectivity index (χ4v) is 2.62. The van der Waals surface area contributed by atoms with E-state index in [1.165, 1.54) is 0 Å². The summed E-state index contributed by atoms with van der Waals surface area (Å²) in [6.45, 7) is 0. The van der Waals surface area contributed by atoms with Crippen molar-refractivity contribution in [3.63, 3.8) is 0 Å². The number of fused-ring (bicyclic) bond motifs is 1. The van der Waals surface area contributed by atoms with Crippen LogP contribution < -0.4 is 9.47 Å². The molecule has 0 amide bonds. The van der Waals surface area contributed by atoms with Gasteiger partial charge < -0.3 is 14.5 Å². The Hall–Kier alpha value is -2.93. The van der Waals surface area contributed by atoms with Crippen LogP contribution in [0.4, 0.5) is 0 Å². The zero-order valence-corrected chi connectivity index (χ0v) is 12.5. The van der Waals surface area contributed by atoms with Crippen molar-refractivity contribution in [1.29, 1.82) is 5.26 Å². The van der Waals surface area contributed by atoms with Crippen molar-refractivity contribution in [2.45, 2.75) is 6.42 Å². The van der Waals surface area contributed by atoms with Crippen LogP contribution in [0, 0.1) is 11.3 Å². The highest BCUT2D eigenvalue weighted by atomic mass is 16.5. The Morgan fingerprint density at radius 1 is 1.00 bits per heavy atom. The number of nitrogens with zero attached hydrogens (tertiary/aromatic N) is 1. The van der Waals surface area contributed by atoms with E-state index in [0.717, 1.165) is 39.2 Å². The lowest BCUT2D eigenvalue weighted by Crippen LogP contribution is -1.87. The normalized spacial score (nSPS) is 10.4. The standard InChI is InChI=1S/C18H16N2O2/c1-21-13-5-3-12(4-6-13)18-15(9-10-19)16-11-14(22-2)7-8-17(16)20-18/h3-8,11,20H,9H2,1-2H3. The quantitative estimate of drug-likeness (QED) is 0.793. The molecular formula is C18H16N2O2. The molecule has 0 spiro atoms. The molecule has 1 aromatic heterocycles. The molecule has 0 radical (unpaired) electrons. The number of benzene rings is 2. The molecule has 4 heteroatoms. The van der Waals surface area contributed by atoms with E-state index in [1.54, 1.807) is 14.2 Å². The Morgan fingerprint density at radius 3 is 2.32 bits per heavy atom. The molecule has 0 aliphatic heterocycles. The summed E-state index contributed by atoms with van der Waals surface area (Å²) in [6.07, 6.45) is 0.342. The molecule has 0 aliphatic rings. The number of hydrogen-bond donors (Lipinski definition) is 1. The minimum absolute atomic E-state index is 0.342. The third kappa shape index (κ3) is 2.38. The molecule has 4 nitrogen and oxygen atoms in total. The maximum atomic E-state index is 9.16. The fourth-order valence-electron chi connectivity index (χ4n) is 2.62. The minimum Gasteiger partial charge on any atom is -0.497 e. The monoisotopic (exact) mass is 292 g/mol. The van der Waals surface area contributed by atoms with Gasteiger partial charge in [-0.2, -0.15) is 5.26 Å². The topological polar surface area (TPSA) is 58.0 Å². The van der Waals surface area contributed by atoms with Gasteiger partial charge in [-0.3, -0.25) is 0 Å². The van der Waals surface area contributed by atoms with Crippen LogP contribution in [0.1, 0.15) is 5.56 Å². The summed E-state index contributed by atoms with van der Waals surface area (Å²) in [5, 5.41) is 10.2. The third-order valence-corrected chi connectivity index (χ3v) is 3.75. The van der Waals surface area contributed by atoms with Crippen LogP contribution in [0.3, 0.4) is 0 Å². The van der Waals surface area contributed by atoms with Gasteiger partial charge in [0.2, 0.25) is 0 Å². The molecule has 0 fully saturated rings. The van der Waals surface area contributed by atoms with Crippen LogP contribution in [0.5, 0.6) is 11.5 Å². The summed E-state index contributed by atoms with van der Waals surface area (Å²) in [7, 11) is 3.29. The second-order valence-electron chi connectivity index (χ2n) is 4.95. The molecule has 0 saturated heterocycles. The summed E-state index contributed by atoms with van der Waals surface area (Å²) < 4.78 is 10.5. The van der Waals surface area contributed by atoms with Crippen molar-refractivity contribution < 1.29 is 9.47 Å². The maximum Gasteiger partial charge on any atom is 0.119 e. The first-order valence-electron chi connectivity index (χ1n) is 6.96. The predicted molar refractivity (Wildman–Crippen MR) is 86.2 cm³/mol. The summed E-state index contributed by atoms with van der Waals surface area (Å²) >= 11 is 0.